The van der Waals surface area contributed by atoms with Crippen LogP contribution in [-0.4, -0.2) is 32.4 Å². The number of rotatable bonds is 8. The molecule has 2 N–H and O–H groups in total. The van der Waals surface area contributed by atoms with Crippen LogP contribution in [0.2, 0.25) is 0 Å². The van der Waals surface area contributed by atoms with Crippen LogP contribution in [0.5, 0.6) is 5.75 Å². The van der Waals surface area contributed by atoms with Gasteiger partial charge in [-0.2, -0.15) is 0 Å². The lowest BCUT2D eigenvalue weighted by Crippen LogP contribution is -2.13. The molecule has 0 amide bonds. The van der Waals surface area contributed by atoms with Crippen LogP contribution in [-0.2, 0) is 9.47 Å². The van der Waals surface area contributed by atoms with Crippen molar-refractivity contribution < 1.29 is 19.0 Å². The zero-order valence-corrected chi connectivity index (χ0v) is 12.3. The van der Waals surface area contributed by atoms with E-state index in [2.05, 4.69) is 13.8 Å². The predicted octanol–water partition coefficient (Wildman–Crippen LogP) is 2.50. The van der Waals surface area contributed by atoms with Crippen LogP contribution in [0.4, 0.5) is 5.69 Å². The standard InChI is InChI=1S/C15H23NO4/c1-4-19-14-8-12(7-13(16)9-14)15(17)20-6-5-18-10-11(2)3/h7-9,11H,4-6,10,16H2,1-3H3. The summed E-state index contributed by atoms with van der Waals surface area (Å²) in [5.74, 6) is 0.607. The van der Waals surface area contributed by atoms with Crippen molar-refractivity contribution in [1.82, 2.24) is 0 Å². The lowest BCUT2D eigenvalue weighted by molar-refractivity contribution is 0.0277. The maximum absolute atomic E-state index is 11.9. The van der Waals surface area contributed by atoms with E-state index in [0.717, 1.165) is 0 Å². The van der Waals surface area contributed by atoms with E-state index >= 15 is 0 Å². The third kappa shape index (κ3) is 5.93. The molecule has 5 heteroatoms. The molecule has 0 aliphatic carbocycles. The number of hydrogen-bond acceptors (Lipinski definition) is 5. The first-order valence-electron chi connectivity index (χ1n) is 6.81. The van der Waals surface area contributed by atoms with E-state index in [9.17, 15) is 4.79 Å². The number of nitrogens with two attached hydrogens (primary N) is 1. The fourth-order valence-corrected chi connectivity index (χ4v) is 1.59. The molecule has 0 fully saturated rings. The highest BCUT2D eigenvalue weighted by Gasteiger charge is 2.10. The summed E-state index contributed by atoms with van der Waals surface area (Å²) in [4.78, 5) is 11.9. The maximum atomic E-state index is 11.9. The molecule has 20 heavy (non-hydrogen) atoms. The maximum Gasteiger partial charge on any atom is 0.338 e. The molecule has 1 aromatic carbocycles. The zero-order chi connectivity index (χ0) is 15.0. The molecule has 0 aromatic heterocycles. The predicted molar refractivity (Wildman–Crippen MR) is 78.0 cm³/mol. The number of ether oxygens (including phenoxy) is 3. The van der Waals surface area contributed by atoms with E-state index in [4.69, 9.17) is 19.9 Å². The Hall–Kier alpha value is -1.75. The number of carbonyl (C=O) groups excluding carboxylic acids is 1. The van der Waals surface area contributed by atoms with Crippen LogP contribution in [0.15, 0.2) is 18.2 Å². The molecule has 0 radical (unpaired) electrons. The van der Waals surface area contributed by atoms with Crippen LogP contribution < -0.4 is 10.5 Å². The number of benzene rings is 1. The molecule has 0 heterocycles. The molecule has 5 nitrogen and oxygen atoms in total. The van der Waals surface area contributed by atoms with Crippen LogP contribution >= 0.6 is 0 Å². The van der Waals surface area contributed by atoms with E-state index in [1.54, 1.807) is 18.2 Å². The second-order valence-electron chi connectivity index (χ2n) is 4.83. The number of carbonyl (C=O) groups is 1. The second kappa shape index (κ2) is 8.43. The van der Waals surface area contributed by atoms with Gasteiger partial charge in [-0.3, -0.25) is 0 Å². The van der Waals surface area contributed by atoms with E-state index in [1.807, 2.05) is 6.92 Å². The van der Waals surface area contributed by atoms with E-state index < -0.39 is 5.97 Å². The van der Waals surface area contributed by atoms with Gasteiger partial charge in [-0.1, -0.05) is 13.8 Å². The van der Waals surface area contributed by atoms with Gasteiger partial charge in [-0.05, 0) is 25.0 Å². The molecule has 0 bridgehead atoms. The quantitative estimate of drug-likeness (QED) is 0.450. The van der Waals surface area contributed by atoms with Gasteiger partial charge >= 0.3 is 5.97 Å². The van der Waals surface area contributed by atoms with Crippen LogP contribution in [0, 0.1) is 5.92 Å². The highest BCUT2D eigenvalue weighted by molar-refractivity contribution is 5.91. The summed E-state index contributed by atoms with van der Waals surface area (Å²) in [6.07, 6.45) is 0. The fraction of sp³-hybridized carbons (Fsp3) is 0.533. The monoisotopic (exact) mass is 281 g/mol. The number of nitrogen functional groups attached to an aromatic ring is 1. The average molecular weight is 281 g/mol. The minimum atomic E-state index is -0.425. The first-order valence-corrected chi connectivity index (χ1v) is 6.81. The Morgan fingerprint density at radius 1 is 1.25 bits per heavy atom. The van der Waals surface area contributed by atoms with Crippen molar-refractivity contribution in [3.8, 4) is 5.75 Å². The molecule has 1 aromatic rings. The molecule has 1 rings (SSSR count). The molecule has 0 atom stereocenters. The van der Waals surface area contributed by atoms with Gasteiger partial charge in [0, 0.05) is 18.4 Å². The van der Waals surface area contributed by atoms with E-state index in [-0.39, 0.29) is 6.61 Å². The van der Waals surface area contributed by atoms with Crippen molar-refractivity contribution in [2.75, 3.05) is 32.2 Å². The summed E-state index contributed by atoms with van der Waals surface area (Å²) < 4.78 is 15.8. The summed E-state index contributed by atoms with van der Waals surface area (Å²) in [7, 11) is 0. The summed E-state index contributed by atoms with van der Waals surface area (Å²) in [6, 6.07) is 4.86. The van der Waals surface area contributed by atoms with Crippen LogP contribution in [0.3, 0.4) is 0 Å². The molecule has 0 spiro atoms. The first kappa shape index (κ1) is 16.3. The summed E-state index contributed by atoms with van der Waals surface area (Å²) >= 11 is 0. The van der Waals surface area contributed by atoms with Gasteiger partial charge in [-0.25, -0.2) is 4.79 Å². The van der Waals surface area contributed by atoms with Gasteiger partial charge in [0.15, 0.2) is 0 Å². The van der Waals surface area contributed by atoms with Crippen molar-refractivity contribution in [1.29, 1.82) is 0 Å². The topological polar surface area (TPSA) is 70.8 Å². The molecule has 0 saturated carbocycles. The Bertz CT molecular complexity index is 432. The number of esters is 1. The number of hydrogen-bond donors (Lipinski definition) is 1. The molecular weight excluding hydrogens is 258 g/mol. The molecule has 0 saturated heterocycles. The van der Waals surface area contributed by atoms with Crippen molar-refractivity contribution in [3.05, 3.63) is 23.8 Å². The lowest BCUT2D eigenvalue weighted by atomic mass is 10.2. The van der Waals surface area contributed by atoms with Crippen LogP contribution in [0.1, 0.15) is 31.1 Å². The second-order valence-corrected chi connectivity index (χ2v) is 4.83. The Kier molecular flexibility index (Phi) is 6.87. The molecule has 0 unspecified atom stereocenters. The fourth-order valence-electron chi connectivity index (χ4n) is 1.59. The summed E-state index contributed by atoms with van der Waals surface area (Å²) in [5, 5.41) is 0. The summed E-state index contributed by atoms with van der Waals surface area (Å²) in [5.41, 5.74) is 6.58. The molecule has 0 aliphatic rings. The van der Waals surface area contributed by atoms with Crippen molar-refractivity contribution in [2.45, 2.75) is 20.8 Å². The van der Waals surface area contributed by atoms with Gasteiger partial charge < -0.3 is 19.9 Å². The van der Waals surface area contributed by atoms with Gasteiger partial charge in [0.05, 0.1) is 18.8 Å². The van der Waals surface area contributed by atoms with E-state index in [0.29, 0.717) is 42.7 Å². The third-order valence-corrected chi connectivity index (χ3v) is 2.39. The Labute approximate surface area is 120 Å². The minimum Gasteiger partial charge on any atom is -0.494 e. The third-order valence-electron chi connectivity index (χ3n) is 2.39. The smallest absolute Gasteiger partial charge is 0.338 e. The SMILES string of the molecule is CCOc1cc(N)cc(C(=O)OCCOCC(C)C)c1. The Morgan fingerprint density at radius 2 is 2.00 bits per heavy atom. The van der Waals surface area contributed by atoms with Gasteiger partial charge in [-0.15, -0.1) is 0 Å². The highest BCUT2D eigenvalue weighted by atomic mass is 16.6. The Balaban J connectivity index is 2.46. The van der Waals surface area contributed by atoms with E-state index in [1.165, 1.54) is 0 Å². The Morgan fingerprint density at radius 3 is 2.65 bits per heavy atom. The van der Waals surface area contributed by atoms with Gasteiger partial charge in [0.1, 0.15) is 12.4 Å². The average Bonchev–Trinajstić information content (AvgIpc) is 2.37. The van der Waals surface area contributed by atoms with Crippen molar-refractivity contribution >= 4 is 11.7 Å². The molecule has 0 aliphatic heterocycles. The molecular formula is C15H23NO4. The van der Waals surface area contributed by atoms with Crippen LogP contribution in [0.25, 0.3) is 0 Å². The minimum absolute atomic E-state index is 0.227. The first-order chi connectivity index (χ1) is 9.52. The molecule has 112 valence electrons. The van der Waals surface area contributed by atoms with Crippen molar-refractivity contribution in [3.63, 3.8) is 0 Å². The van der Waals surface area contributed by atoms with Crippen molar-refractivity contribution in [2.24, 2.45) is 5.92 Å². The van der Waals surface area contributed by atoms with Gasteiger partial charge in [0.2, 0.25) is 0 Å². The van der Waals surface area contributed by atoms with Gasteiger partial charge in [0.25, 0.3) is 0 Å². The number of anilines is 1. The lowest BCUT2D eigenvalue weighted by Gasteiger charge is -2.09. The summed E-state index contributed by atoms with van der Waals surface area (Å²) in [6.45, 7) is 7.79. The highest BCUT2D eigenvalue weighted by Crippen LogP contribution is 2.19. The largest absolute Gasteiger partial charge is 0.494 e. The zero-order valence-electron chi connectivity index (χ0n) is 12.3. The normalized spacial score (nSPS) is 10.6.